The van der Waals surface area contributed by atoms with E-state index in [0.717, 1.165) is 44.2 Å². The second-order valence-electron chi connectivity index (χ2n) is 7.32. The van der Waals surface area contributed by atoms with E-state index in [1.165, 1.54) is 12.8 Å². The molecular formula is C19H24ClN5O2. The summed E-state index contributed by atoms with van der Waals surface area (Å²) in [7, 11) is 0. The van der Waals surface area contributed by atoms with Crippen LogP contribution < -0.4 is 5.32 Å². The first-order chi connectivity index (χ1) is 13.2. The van der Waals surface area contributed by atoms with Gasteiger partial charge in [-0.3, -0.25) is 14.6 Å². The van der Waals surface area contributed by atoms with E-state index in [0.29, 0.717) is 29.8 Å². The highest BCUT2D eigenvalue weighted by Crippen LogP contribution is 2.27. The molecule has 1 saturated carbocycles. The number of hydrogen-bond donors (Lipinski definition) is 1. The number of aromatic nitrogens is 2. The van der Waals surface area contributed by atoms with Crippen molar-refractivity contribution in [2.24, 2.45) is 5.92 Å². The number of halogens is 1. The largest absolute Gasteiger partial charge is 0.355 e. The van der Waals surface area contributed by atoms with Crippen LogP contribution in [0.15, 0.2) is 28.8 Å². The topological polar surface area (TPSA) is 74.5 Å². The molecule has 2 heterocycles. The summed E-state index contributed by atoms with van der Waals surface area (Å²) >= 11 is 5.91. The summed E-state index contributed by atoms with van der Waals surface area (Å²) in [6, 6.07) is 7.38. The molecule has 0 radical (unpaired) electrons. The lowest BCUT2D eigenvalue weighted by atomic mass is 10.2. The molecule has 2 fully saturated rings. The van der Waals surface area contributed by atoms with Gasteiger partial charge in [0.05, 0.1) is 13.1 Å². The van der Waals surface area contributed by atoms with E-state index >= 15 is 0 Å². The molecule has 2 aromatic rings. The van der Waals surface area contributed by atoms with E-state index in [9.17, 15) is 4.79 Å². The maximum Gasteiger partial charge on any atom is 0.241 e. The molecule has 27 heavy (non-hydrogen) atoms. The summed E-state index contributed by atoms with van der Waals surface area (Å²) in [5.41, 5.74) is 0.886. The molecule has 1 N–H and O–H groups in total. The fourth-order valence-electron chi connectivity index (χ4n) is 3.17. The van der Waals surface area contributed by atoms with Crippen molar-refractivity contribution in [1.82, 2.24) is 25.3 Å². The van der Waals surface area contributed by atoms with Crippen LogP contribution in [0.4, 0.5) is 0 Å². The van der Waals surface area contributed by atoms with Gasteiger partial charge in [-0.2, -0.15) is 4.98 Å². The Kier molecular flexibility index (Phi) is 5.71. The predicted octanol–water partition coefficient (Wildman–Crippen LogP) is 2.03. The van der Waals surface area contributed by atoms with Gasteiger partial charge in [0.25, 0.3) is 0 Å². The summed E-state index contributed by atoms with van der Waals surface area (Å²) in [5, 5.41) is 7.77. The van der Waals surface area contributed by atoms with Crippen LogP contribution in [-0.2, 0) is 11.3 Å². The first-order valence-electron chi connectivity index (χ1n) is 9.45. The van der Waals surface area contributed by atoms with Crippen LogP contribution in [0.3, 0.4) is 0 Å². The van der Waals surface area contributed by atoms with Gasteiger partial charge in [-0.25, -0.2) is 0 Å². The van der Waals surface area contributed by atoms with Crippen molar-refractivity contribution in [2.45, 2.75) is 19.4 Å². The number of carbonyl (C=O) groups excluding carboxylic acids is 1. The van der Waals surface area contributed by atoms with E-state index in [2.05, 4.69) is 25.3 Å². The lowest BCUT2D eigenvalue weighted by Crippen LogP contribution is -2.49. The van der Waals surface area contributed by atoms with E-state index in [1.807, 2.05) is 24.3 Å². The molecule has 1 amide bonds. The Morgan fingerprint density at radius 3 is 2.56 bits per heavy atom. The minimum atomic E-state index is 0.139. The van der Waals surface area contributed by atoms with E-state index in [-0.39, 0.29) is 5.91 Å². The molecule has 0 atom stereocenters. The first-order valence-corrected chi connectivity index (χ1v) is 9.83. The molecule has 144 valence electrons. The second kappa shape index (κ2) is 8.37. The summed E-state index contributed by atoms with van der Waals surface area (Å²) in [5.74, 6) is 2.04. The number of amides is 1. The van der Waals surface area contributed by atoms with Crippen molar-refractivity contribution in [3.63, 3.8) is 0 Å². The van der Waals surface area contributed by atoms with Crippen LogP contribution >= 0.6 is 11.6 Å². The van der Waals surface area contributed by atoms with Crippen LogP contribution in [0.2, 0.25) is 5.02 Å². The Bertz CT molecular complexity index is 767. The van der Waals surface area contributed by atoms with Crippen molar-refractivity contribution in [2.75, 3.05) is 39.3 Å². The Labute approximate surface area is 163 Å². The lowest BCUT2D eigenvalue weighted by molar-refractivity contribution is -0.122. The van der Waals surface area contributed by atoms with Gasteiger partial charge in [-0.05, 0) is 43.0 Å². The molecule has 1 saturated heterocycles. The van der Waals surface area contributed by atoms with Gasteiger partial charge in [0.2, 0.25) is 17.6 Å². The minimum absolute atomic E-state index is 0.139. The van der Waals surface area contributed by atoms with Crippen LogP contribution in [0, 0.1) is 5.92 Å². The minimum Gasteiger partial charge on any atom is -0.355 e. The summed E-state index contributed by atoms with van der Waals surface area (Å²) in [6.45, 7) is 5.46. The van der Waals surface area contributed by atoms with Gasteiger partial charge < -0.3 is 9.84 Å². The summed E-state index contributed by atoms with van der Waals surface area (Å²) in [6.07, 6.45) is 2.52. The molecule has 0 bridgehead atoms. The number of benzene rings is 1. The van der Waals surface area contributed by atoms with Gasteiger partial charge in [0.15, 0.2) is 0 Å². The SMILES string of the molecule is O=C(CN1CCN(Cc2nc(-c3ccc(Cl)cc3)no2)CC1)NCC1CC1. The normalized spacial score (nSPS) is 18.6. The maximum absolute atomic E-state index is 12.0. The Hall–Kier alpha value is -1.96. The van der Waals surface area contributed by atoms with Gasteiger partial charge in [0, 0.05) is 43.3 Å². The van der Waals surface area contributed by atoms with Crippen molar-refractivity contribution < 1.29 is 9.32 Å². The lowest BCUT2D eigenvalue weighted by Gasteiger charge is -2.33. The number of piperazine rings is 1. The predicted molar refractivity (Wildman–Crippen MR) is 102 cm³/mol. The van der Waals surface area contributed by atoms with Gasteiger partial charge in [-0.15, -0.1) is 0 Å². The molecule has 1 aromatic heterocycles. The van der Waals surface area contributed by atoms with Crippen LogP contribution in [0.25, 0.3) is 11.4 Å². The van der Waals surface area contributed by atoms with E-state index < -0.39 is 0 Å². The van der Waals surface area contributed by atoms with Gasteiger partial charge in [0.1, 0.15) is 0 Å². The zero-order chi connectivity index (χ0) is 18.6. The van der Waals surface area contributed by atoms with Crippen LogP contribution in [0.5, 0.6) is 0 Å². The molecule has 0 spiro atoms. The Morgan fingerprint density at radius 1 is 1.15 bits per heavy atom. The van der Waals surface area contributed by atoms with Crippen LogP contribution in [-0.4, -0.2) is 65.1 Å². The van der Waals surface area contributed by atoms with Crippen LogP contribution in [0.1, 0.15) is 18.7 Å². The second-order valence-corrected chi connectivity index (χ2v) is 7.75. The fourth-order valence-corrected chi connectivity index (χ4v) is 3.30. The molecule has 0 unspecified atom stereocenters. The Balaban J connectivity index is 1.22. The molecule has 1 aromatic carbocycles. The average Bonchev–Trinajstić information content (AvgIpc) is 3.40. The molecular weight excluding hydrogens is 366 g/mol. The molecule has 1 aliphatic carbocycles. The highest BCUT2D eigenvalue weighted by Gasteiger charge is 2.24. The highest BCUT2D eigenvalue weighted by atomic mass is 35.5. The van der Waals surface area contributed by atoms with E-state index in [4.69, 9.17) is 16.1 Å². The third-order valence-corrected chi connectivity index (χ3v) is 5.30. The molecule has 1 aliphatic heterocycles. The summed E-state index contributed by atoms with van der Waals surface area (Å²) in [4.78, 5) is 20.9. The quantitative estimate of drug-likeness (QED) is 0.781. The Morgan fingerprint density at radius 2 is 1.85 bits per heavy atom. The molecule has 2 aliphatic rings. The van der Waals surface area contributed by atoms with Crippen molar-refractivity contribution >= 4 is 17.5 Å². The average molecular weight is 390 g/mol. The fraction of sp³-hybridized carbons (Fsp3) is 0.526. The number of rotatable bonds is 7. The maximum atomic E-state index is 12.0. The molecule has 8 heteroatoms. The highest BCUT2D eigenvalue weighted by molar-refractivity contribution is 6.30. The number of carbonyl (C=O) groups is 1. The zero-order valence-corrected chi connectivity index (χ0v) is 16.0. The zero-order valence-electron chi connectivity index (χ0n) is 15.2. The van der Waals surface area contributed by atoms with Crippen molar-refractivity contribution in [1.29, 1.82) is 0 Å². The monoisotopic (exact) mass is 389 g/mol. The summed E-state index contributed by atoms with van der Waals surface area (Å²) < 4.78 is 5.39. The first kappa shape index (κ1) is 18.4. The third-order valence-electron chi connectivity index (χ3n) is 5.05. The van der Waals surface area contributed by atoms with Gasteiger partial charge in [-0.1, -0.05) is 16.8 Å². The van der Waals surface area contributed by atoms with E-state index in [1.54, 1.807) is 0 Å². The third kappa shape index (κ3) is 5.28. The molecule has 4 rings (SSSR count). The molecule has 7 nitrogen and oxygen atoms in total. The smallest absolute Gasteiger partial charge is 0.241 e. The number of nitrogens with zero attached hydrogens (tertiary/aromatic N) is 4. The number of hydrogen-bond acceptors (Lipinski definition) is 6. The van der Waals surface area contributed by atoms with Gasteiger partial charge >= 0.3 is 0 Å². The van der Waals surface area contributed by atoms with Crippen molar-refractivity contribution in [3.05, 3.63) is 35.2 Å². The standard InChI is InChI=1S/C19H24ClN5O2/c20-16-5-3-15(4-6-16)19-22-18(27-23-19)13-25-9-7-24(8-10-25)12-17(26)21-11-14-1-2-14/h3-6,14H,1-2,7-13H2,(H,21,26). The van der Waals surface area contributed by atoms with Crippen molar-refractivity contribution in [3.8, 4) is 11.4 Å². The number of nitrogens with one attached hydrogen (secondary N) is 1.